The molecule has 0 aliphatic rings. The van der Waals surface area contributed by atoms with Crippen molar-refractivity contribution in [1.29, 1.82) is 0 Å². The molecule has 9 rings (SSSR count). The number of benzene rings is 8. The number of fused-ring (bicyclic) bond motifs is 1. The number of aromatic nitrogens is 1. The van der Waals surface area contributed by atoms with Crippen LogP contribution in [0.15, 0.2) is 132 Å². The third kappa shape index (κ3) is 4.22. The van der Waals surface area contributed by atoms with E-state index in [0.717, 1.165) is 27.6 Å². The Kier molecular flexibility index (Phi) is 6.10. The van der Waals surface area contributed by atoms with E-state index in [1.165, 1.54) is 77.0 Å². The van der Waals surface area contributed by atoms with Gasteiger partial charge in [-0.25, -0.2) is 4.98 Å². The van der Waals surface area contributed by atoms with E-state index < -0.39 is 0 Å². The van der Waals surface area contributed by atoms with Gasteiger partial charge in [-0.2, -0.15) is 0 Å². The number of aryl methyl sites for hydroxylation is 4. The normalized spacial score (nSPS) is 11.8. The summed E-state index contributed by atoms with van der Waals surface area (Å²) in [6, 6.07) is 46.4. The van der Waals surface area contributed by atoms with Crippen molar-refractivity contribution in [3.63, 3.8) is 0 Å². The fraction of sp³-hybridized carbons (Fsp3) is 0.0889. The molecule has 0 fully saturated rings. The summed E-state index contributed by atoms with van der Waals surface area (Å²) in [6.45, 7) is 8.71. The highest BCUT2D eigenvalue weighted by Gasteiger charge is 2.23. The topological polar surface area (TPSA) is 26.0 Å². The molecule has 8 aromatic carbocycles. The van der Waals surface area contributed by atoms with Crippen LogP contribution in [0, 0.1) is 27.7 Å². The third-order valence-corrected chi connectivity index (χ3v) is 9.98. The van der Waals surface area contributed by atoms with Crippen LogP contribution in [0.5, 0.6) is 0 Å². The van der Waals surface area contributed by atoms with Crippen LogP contribution in [0.4, 0.5) is 0 Å². The zero-order chi connectivity index (χ0) is 31.8. The molecule has 0 unspecified atom stereocenters. The summed E-state index contributed by atoms with van der Waals surface area (Å²) in [5.74, 6) is 0.650. The second-order valence-corrected chi connectivity index (χ2v) is 12.9. The molecule has 224 valence electrons. The van der Waals surface area contributed by atoms with E-state index in [1.807, 2.05) is 0 Å². The van der Waals surface area contributed by atoms with E-state index in [2.05, 4.69) is 155 Å². The molecule has 2 heteroatoms. The molecule has 47 heavy (non-hydrogen) atoms. The van der Waals surface area contributed by atoms with Crippen LogP contribution in [0.25, 0.3) is 88.3 Å². The van der Waals surface area contributed by atoms with Gasteiger partial charge in [0.25, 0.3) is 0 Å². The Balaban J connectivity index is 1.49. The second-order valence-electron chi connectivity index (χ2n) is 12.9. The predicted octanol–water partition coefficient (Wildman–Crippen LogP) is 12.6. The average Bonchev–Trinajstić information content (AvgIpc) is 3.51. The van der Waals surface area contributed by atoms with Crippen molar-refractivity contribution in [2.24, 2.45) is 0 Å². The maximum Gasteiger partial charge on any atom is 0.227 e. The summed E-state index contributed by atoms with van der Waals surface area (Å²) in [6.07, 6.45) is 0. The highest BCUT2D eigenvalue weighted by atomic mass is 16.3. The van der Waals surface area contributed by atoms with Gasteiger partial charge < -0.3 is 4.42 Å². The lowest BCUT2D eigenvalue weighted by Gasteiger charge is -2.22. The first kappa shape index (κ1) is 27.6. The van der Waals surface area contributed by atoms with Gasteiger partial charge in [-0.15, -0.1) is 0 Å². The van der Waals surface area contributed by atoms with Crippen molar-refractivity contribution >= 4 is 43.4 Å². The SMILES string of the molecule is Cc1ccc2nc(-c3cc(-c4ccccc4C)c4ccc5c(-c6ccccc6C)cc(-c6ccccc6C)c6ccc3c4c65)oc2c1. The van der Waals surface area contributed by atoms with Crippen molar-refractivity contribution in [1.82, 2.24) is 4.98 Å². The first-order valence-electron chi connectivity index (χ1n) is 16.3. The van der Waals surface area contributed by atoms with Crippen LogP contribution in [-0.2, 0) is 0 Å². The second kappa shape index (κ2) is 10.4. The van der Waals surface area contributed by atoms with Gasteiger partial charge in [-0.1, -0.05) is 103 Å². The quantitative estimate of drug-likeness (QED) is 0.187. The lowest BCUT2D eigenvalue weighted by Crippen LogP contribution is -1.96. The van der Waals surface area contributed by atoms with Crippen molar-refractivity contribution in [3.8, 4) is 44.8 Å². The fourth-order valence-electron chi connectivity index (χ4n) is 7.61. The van der Waals surface area contributed by atoms with Crippen molar-refractivity contribution < 1.29 is 4.42 Å². The zero-order valence-electron chi connectivity index (χ0n) is 27.0. The van der Waals surface area contributed by atoms with E-state index in [1.54, 1.807) is 0 Å². The monoisotopic (exact) mass is 603 g/mol. The van der Waals surface area contributed by atoms with Crippen LogP contribution < -0.4 is 0 Å². The molecular weight excluding hydrogens is 571 g/mol. The minimum Gasteiger partial charge on any atom is -0.436 e. The summed E-state index contributed by atoms with van der Waals surface area (Å²) in [5.41, 5.74) is 15.1. The van der Waals surface area contributed by atoms with E-state index in [-0.39, 0.29) is 0 Å². The van der Waals surface area contributed by atoms with Gasteiger partial charge in [-0.05, 0) is 140 Å². The van der Waals surface area contributed by atoms with E-state index >= 15 is 0 Å². The Hall–Kier alpha value is -5.73. The van der Waals surface area contributed by atoms with Crippen molar-refractivity contribution in [2.75, 3.05) is 0 Å². The Bertz CT molecular complexity index is 2610. The van der Waals surface area contributed by atoms with Gasteiger partial charge in [0.2, 0.25) is 5.89 Å². The molecule has 0 radical (unpaired) electrons. The molecule has 0 atom stereocenters. The first-order chi connectivity index (χ1) is 23.0. The minimum absolute atomic E-state index is 0.650. The van der Waals surface area contributed by atoms with Crippen molar-refractivity contribution in [3.05, 3.63) is 150 Å². The van der Waals surface area contributed by atoms with Crippen LogP contribution in [0.3, 0.4) is 0 Å². The number of oxazole rings is 1. The van der Waals surface area contributed by atoms with Crippen molar-refractivity contribution in [2.45, 2.75) is 27.7 Å². The lowest BCUT2D eigenvalue weighted by atomic mass is 9.81. The zero-order valence-corrected chi connectivity index (χ0v) is 27.0. The van der Waals surface area contributed by atoms with E-state index in [0.29, 0.717) is 5.89 Å². The first-order valence-corrected chi connectivity index (χ1v) is 16.3. The molecule has 0 spiro atoms. The van der Waals surface area contributed by atoms with Gasteiger partial charge >= 0.3 is 0 Å². The summed E-state index contributed by atoms with van der Waals surface area (Å²) in [4.78, 5) is 5.05. The highest BCUT2D eigenvalue weighted by molar-refractivity contribution is 6.32. The molecule has 0 bridgehead atoms. The Labute approximate surface area is 274 Å². The predicted molar refractivity (Wildman–Crippen MR) is 198 cm³/mol. The van der Waals surface area contributed by atoms with E-state index in [4.69, 9.17) is 9.40 Å². The van der Waals surface area contributed by atoms with Gasteiger partial charge in [0, 0.05) is 5.56 Å². The molecule has 1 heterocycles. The lowest BCUT2D eigenvalue weighted by molar-refractivity contribution is 0.620. The average molecular weight is 604 g/mol. The molecular formula is C45H33NO. The summed E-state index contributed by atoms with van der Waals surface area (Å²) >= 11 is 0. The molecule has 2 nitrogen and oxygen atoms in total. The fourth-order valence-corrected chi connectivity index (χ4v) is 7.61. The number of rotatable bonds is 4. The Morgan fingerprint density at radius 1 is 0.404 bits per heavy atom. The van der Waals surface area contributed by atoms with Crippen LogP contribution in [0.2, 0.25) is 0 Å². The van der Waals surface area contributed by atoms with Gasteiger partial charge in [0.1, 0.15) is 5.52 Å². The standard InChI is InChI=1S/C45H33NO/c1-26-17-22-41-42(23-26)47-45(46-41)40-25-39(32-16-10-7-13-29(32)4)35-19-18-33-37(30-14-8-5-11-27(30)2)24-38(31-15-9-6-12-28(31)3)34-20-21-36(40)44(35)43(33)34/h5-25H,1-4H3. The molecule has 0 aliphatic heterocycles. The summed E-state index contributed by atoms with van der Waals surface area (Å²) in [7, 11) is 0. The van der Waals surface area contributed by atoms with Gasteiger partial charge in [0.15, 0.2) is 5.58 Å². The molecule has 1 aromatic heterocycles. The van der Waals surface area contributed by atoms with Gasteiger partial charge in [0.05, 0.1) is 0 Å². The number of nitrogens with zero attached hydrogens (tertiary/aromatic N) is 1. The van der Waals surface area contributed by atoms with Crippen LogP contribution >= 0.6 is 0 Å². The molecule has 0 saturated carbocycles. The highest BCUT2D eigenvalue weighted by Crippen LogP contribution is 2.49. The summed E-state index contributed by atoms with van der Waals surface area (Å²) in [5, 5.41) is 7.43. The molecule has 9 aromatic rings. The molecule has 0 amide bonds. The third-order valence-electron chi connectivity index (χ3n) is 9.98. The maximum atomic E-state index is 6.55. The molecule has 0 N–H and O–H groups in total. The minimum atomic E-state index is 0.650. The van der Waals surface area contributed by atoms with Crippen LogP contribution in [-0.4, -0.2) is 4.98 Å². The largest absolute Gasteiger partial charge is 0.436 e. The number of hydrogen-bond donors (Lipinski definition) is 0. The Morgan fingerprint density at radius 3 is 1.30 bits per heavy atom. The van der Waals surface area contributed by atoms with Gasteiger partial charge in [-0.3, -0.25) is 0 Å². The van der Waals surface area contributed by atoms with E-state index in [9.17, 15) is 0 Å². The van der Waals surface area contributed by atoms with Crippen LogP contribution in [0.1, 0.15) is 22.3 Å². The Morgan fingerprint density at radius 2 is 0.830 bits per heavy atom. The smallest absolute Gasteiger partial charge is 0.227 e. The number of hydrogen-bond acceptors (Lipinski definition) is 2. The molecule has 0 aliphatic carbocycles. The maximum absolute atomic E-state index is 6.55. The molecule has 0 saturated heterocycles. The summed E-state index contributed by atoms with van der Waals surface area (Å²) < 4.78 is 6.55.